The van der Waals surface area contributed by atoms with Gasteiger partial charge in [0.05, 0.1) is 14.2 Å². The Kier molecular flexibility index (Phi) is 7.03. The zero-order valence-electron chi connectivity index (χ0n) is 22.0. The lowest BCUT2D eigenvalue weighted by Gasteiger charge is -2.37. The molecule has 0 amide bonds. The standard InChI is InChI=1S/C32H29BrO5/c1-19-28-18-23(33)10-15-26(28)31-27(29(19)30(34)20(2)35-3)16-17-32(38-31,21-6-11-24(36-4)12-7-21)22-8-13-25(37-5)14-9-22/h6-18,20H,1-5H3. The smallest absolute Gasteiger partial charge is 0.192 e. The molecule has 0 aliphatic carbocycles. The molecule has 5 rings (SSSR count). The van der Waals surface area contributed by atoms with Crippen LogP contribution < -0.4 is 14.2 Å². The van der Waals surface area contributed by atoms with E-state index in [1.165, 1.54) is 0 Å². The second-order valence-electron chi connectivity index (χ2n) is 9.30. The number of carbonyl (C=O) groups excluding carboxylic acids is 1. The SMILES string of the molecule is COc1ccc(C2(c3ccc(OC)cc3)C=Cc3c(C(=O)C(C)OC)c(C)c4cc(Br)ccc4c3O2)cc1. The summed E-state index contributed by atoms with van der Waals surface area (Å²) in [7, 11) is 4.84. The third-order valence-electron chi connectivity index (χ3n) is 7.27. The van der Waals surface area contributed by atoms with Gasteiger partial charge in [-0.05, 0) is 79.4 Å². The molecular weight excluding hydrogens is 544 g/mol. The third-order valence-corrected chi connectivity index (χ3v) is 7.77. The summed E-state index contributed by atoms with van der Waals surface area (Å²) in [4.78, 5) is 13.6. The molecule has 0 saturated heterocycles. The fourth-order valence-corrected chi connectivity index (χ4v) is 5.43. The van der Waals surface area contributed by atoms with Gasteiger partial charge in [-0.15, -0.1) is 0 Å². The summed E-state index contributed by atoms with van der Waals surface area (Å²) in [5.74, 6) is 2.08. The quantitative estimate of drug-likeness (QED) is 0.215. The highest BCUT2D eigenvalue weighted by molar-refractivity contribution is 9.10. The maximum atomic E-state index is 13.6. The number of benzene rings is 4. The van der Waals surface area contributed by atoms with E-state index >= 15 is 0 Å². The van der Waals surface area contributed by atoms with Crippen LogP contribution in [0.25, 0.3) is 16.8 Å². The molecule has 1 unspecified atom stereocenters. The molecule has 1 aliphatic rings. The molecule has 6 heteroatoms. The van der Waals surface area contributed by atoms with Gasteiger partial charge in [0.1, 0.15) is 23.4 Å². The first-order valence-corrected chi connectivity index (χ1v) is 13.1. The molecule has 0 aromatic heterocycles. The van der Waals surface area contributed by atoms with Gasteiger partial charge >= 0.3 is 0 Å². The first-order chi connectivity index (χ1) is 18.3. The topological polar surface area (TPSA) is 54.0 Å². The van der Waals surface area contributed by atoms with Crippen LogP contribution in [0.5, 0.6) is 17.2 Å². The molecule has 4 aromatic carbocycles. The van der Waals surface area contributed by atoms with Crippen molar-refractivity contribution in [3.8, 4) is 17.2 Å². The zero-order valence-corrected chi connectivity index (χ0v) is 23.6. The van der Waals surface area contributed by atoms with Crippen molar-refractivity contribution in [1.29, 1.82) is 0 Å². The minimum Gasteiger partial charge on any atom is -0.497 e. The number of hydrogen-bond acceptors (Lipinski definition) is 5. The second kappa shape index (κ2) is 10.3. The minimum atomic E-state index is -0.950. The van der Waals surface area contributed by atoms with Gasteiger partial charge in [-0.25, -0.2) is 0 Å². The molecule has 1 aliphatic heterocycles. The number of aryl methyl sites for hydroxylation is 1. The first-order valence-electron chi connectivity index (χ1n) is 12.3. The van der Waals surface area contributed by atoms with E-state index in [-0.39, 0.29) is 5.78 Å². The Morgan fingerprint density at radius 2 is 1.45 bits per heavy atom. The molecule has 0 fully saturated rings. The number of ketones is 1. The lowest BCUT2D eigenvalue weighted by Crippen LogP contribution is -2.35. The Morgan fingerprint density at radius 3 is 1.97 bits per heavy atom. The summed E-state index contributed by atoms with van der Waals surface area (Å²) in [6.45, 7) is 3.75. The number of methoxy groups -OCH3 is 3. The summed E-state index contributed by atoms with van der Waals surface area (Å²) >= 11 is 3.60. The summed E-state index contributed by atoms with van der Waals surface area (Å²) in [5.41, 5.74) is 3.15. The summed E-state index contributed by atoms with van der Waals surface area (Å²) in [6.07, 6.45) is 3.44. The molecule has 0 bridgehead atoms. The summed E-state index contributed by atoms with van der Waals surface area (Å²) in [6, 6.07) is 21.8. The first kappa shape index (κ1) is 26.0. The number of fused-ring (bicyclic) bond motifs is 3. The van der Waals surface area contributed by atoms with Gasteiger partial charge in [0.25, 0.3) is 0 Å². The van der Waals surface area contributed by atoms with Crippen molar-refractivity contribution in [1.82, 2.24) is 0 Å². The van der Waals surface area contributed by atoms with Crippen molar-refractivity contribution in [3.63, 3.8) is 0 Å². The van der Waals surface area contributed by atoms with Gasteiger partial charge in [0, 0.05) is 39.2 Å². The van der Waals surface area contributed by atoms with E-state index in [2.05, 4.69) is 15.9 Å². The fraction of sp³-hybridized carbons (Fsp3) is 0.219. The van der Waals surface area contributed by atoms with Crippen LogP contribution >= 0.6 is 15.9 Å². The van der Waals surface area contributed by atoms with Crippen LogP contribution in [0.2, 0.25) is 0 Å². The van der Waals surface area contributed by atoms with Gasteiger partial charge < -0.3 is 18.9 Å². The van der Waals surface area contributed by atoms with Crippen molar-refractivity contribution in [2.75, 3.05) is 21.3 Å². The van der Waals surface area contributed by atoms with Crippen LogP contribution in [0.1, 0.15) is 39.5 Å². The van der Waals surface area contributed by atoms with Crippen LogP contribution in [0.4, 0.5) is 0 Å². The van der Waals surface area contributed by atoms with E-state index in [4.69, 9.17) is 18.9 Å². The van der Waals surface area contributed by atoms with E-state index < -0.39 is 11.7 Å². The van der Waals surface area contributed by atoms with Gasteiger partial charge in [0.15, 0.2) is 11.4 Å². The van der Waals surface area contributed by atoms with E-state index in [1.54, 1.807) is 28.3 Å². The largest absolute Gasteiger partial charge is 0.497 e. The summed E-state index contributed by atoms with van der Waals surface area (Å²) < 4.78 is 24.2. The average molecular weight is 573 g/mol. The Labute approximate surface area is 231 Å². The zero-order chi connectivity index (χ0) is 27.0. The number of carbonyl (C=O) groups is 1. The van der Waals surface area contributed by atoms with E-state index in [0.29, 0.717) is 11.3 Å². The summed E-state index contributed by atoms with van der Waals surface area (Å²) in [5, 5.41) is 1.87. The molecule has 1 atom stereocenters. The van der Waals surface area contributed by atoms with Crippen LogP contribution in [-0.2, 0) is 10.3 Å². The molecule has 194 valence electrons. The van der Waals surface area contributed by atoms with Crippen molar-refractivity contribution in [2.24, 2.45) is 0 Å². The van der Waals surface area contributed by atoms with Crippen molar-refractivity contribution in [2.45, 2.75) is 25.6 Å². The Morgan fingerprint density at radius 1 is 0.868 bits per heavy atom. The molecule has 1 heterocycles. The number of halogens is 1. The molecule has 0 N–H and O–H groups in total. The number of ether oxygens (including phenoxy) is 4. The van der Waals surface area contributed by atoms with Gasteiger partial charge in [-0.3, -0.25) is 4.79 Å². The van der Waals surface area contributed by atoms with Gasteiger partial charge in [0.2, 0.25) is 0 Å². The van der Waals surface area contributed by atoms with Gasteiger partial charge in [-0.1, -0.05) is 40.2 Å². The van der Waals surface area contributed by atoms with E-state index in [9.17, 15) is 4.79 Å². The Balaban J connectivity index is 1.81. The molecule has 0 radical (unpaired) electrons. The highest BCUT2D eigenvalue weighted by Gasteiger charge is 2.39. The molecule has 5 nitrogen and oxygen atoms in total. The number of rotatable bonds is 7. The maximum absolute atomic E-state index is 13.6. The predicted molar refractivity (Wildman–Crippen MR) is 154 cm³/mol. The van der Waals surface area contributed by atoms with E-state index in [1.807, 2.05) is 85.8 Å². The fourth-order valence-electron chi connectivity index (χ4n) is 5.07. The van der Waals surface area contributed by atoms with Crippen LogP contribution in [0.3, 0.4) is 0 Å². The van der Waals surface area contributed by atoms with Crippen molar-refractivity contribution >= 4 is 38.6 Å². The molecule has 38 heavy (non-hydrogen) atoms. The lowest BCUT2D eigenvalue weighted by atomic mass is 9.81. The highest BCUT2D eigenvalue weighted by atomic mass is 79.9. The lowest BCUT2D eigenvalue weighted by molar-refractivity contribution is 0.0653. The Hall–Kier alpha value is -3.61. The molecule has 0 saturated carbocycles. The van der Waals surface area contributed by atoms with Crippen molar-refractivity contribution < 1.29 is 23.7 Å². The molecule has 0 spiro atoms. The third kappa shape index (κ3) is 4.28. The second-order valence-corrected chi connectivity index (χ2v) is 10.2. The minimum absolute atomic E-state index is 0.0854. The maximum Gasteiger partial charge on any atom is 0.192 e. The van der Waals surface area contributed by atoms with E-state index in [0.717, 1.165) is 49.0 Å². The monoisotopic (exact) mass is 572 g/mol. The predicted octanol–water partition coefficient (Wildman–Crippen LogP) is 7.49. The van der Waals surface area contributed by atoms with Crippen LogP contribution in [0, 0.1) is 6.92 Å². The van der Waals surface area contributed by atoms with Crippen LogP contribution in [0.15, 0.2) is 77.3 Å². The highest BCUT2D eigenvalue weighted by Crippen LogP contribution is 2.48. The Bertz CT molecular complexity index is 1490. The number of hydrogen-bond donors (Lipinski definition) is 0. The average Bonchev–Trinajstić information content (AvgIpc) is 2.96. The van der Waals surface area contributed by atoms with Crippen LogP contribution in [-0.4, -0.2) is 33.2 Å². The normalized spacial score (nSPS) is 14.5. The van der Waals surface area contributed by atoms with Crippen molar-refractivity contribution in [3.05, 3.63) is 105 Å². The molecular formula is C32H29BrO5. The van der Waals surface area contributed by atoms with Gasteiger partial charge in [-0.2, -0.15) is 0 Å². The molecule has 4 aromatic rings. The number of Topliss-reactive ketones (excluding diaryl/α,β-unsaturated/α-hetero) is 1.